The lowest BCUT2D eigenvalue weighted by molar-refractivity contribution is -0.120. The highest BCUT2D eigenvalue weighted by Gasteiger charge is 2.16. The van der Waals surface area contributed by atoms with E-state index in [1.807, 2.05) is 48.5 Å². The van der Waals surface area contributed by atoms with Crippen LogP contribution in [-0.4, -0.2) is 26.5 Å². The van der Waals surface area contributed by atoms with Crippen molar-refractivity contribution in [2.45, 2.75) is 6.54 Å². The van der Waals surface area contributed by atoms with E-state index in [4.69, 9.17) is 5.73 Å². The van der Waals surface area contributed by atoms with E-state index in [-0.39, 0.29) is 6.54 Å². The van der Waals surface area contributed by atoms with Gasteiger partial charge in [-0.25, -0.2) is 14.8 Å². The summed E-state index contributed by atoms with van der Waals surface area (Å²) in [7, 11) is 0. The molecule has 4 aromatic rings. The summed E-state index contributed by atoms with van der Waals surface area (Å²) in [5.74, 6) is -0.500. The maximum atomic E-state index is 12.0. The van der Waals surface area contributed by atoms with Crippen LogP contribution >= 0.6 is 0 Å². The summed E-state index contributed by atoms with van der Waals surface area (Å²) in [6, 6.07) is 14.3. The van der Waals surface area contributed by atoms with Crippen LogP contribution in [0.5, 0.6) is 0 Å². The molecule has 7 nitrogen and oxygen atoms in total. The average Bonchev–Trinajstić information content (AvgIpc) is 2.86. The summed E-state index contributed by atoms with van der Waals surface area (Å²) in [4.78, 5) is 32.2. The lowest BCUT2D eigenvalue weighted by Crippen LogP contribution is -2.37. The third kappa shape index (κ3) is 2.23. The third-order valence-electron chi connectivity index (χ3n) is 3.82. The topological polar surface area (TPSA) is 103 Å². The number of imide groups is 1. The summed E-state index contributed by atoms with van der Waals surface area (Å²) in [5, 5.41) is 2.98. The zero-order valence-electron chi connectivity index (χ0n) is 12.6. The minimum atomic E-state index is -0.877. The number of primary amides is 1. The predicted molar refractivity (Wildman–Crippen MR) is 90.3 cm³/mol. The molecule has 0 spiro atoms. The molecule has 3 N–H and O–H groups in total. The second kappa shape index (κ2) is 5.31. The molecule has 0 saturated heterocycles. The minimum absolute atomic E-state index is 0.0695. The molecule has 118 valence electrons. The Balaban J connectivity index is 2.00. The van der Waals surface area contributed by atoms with Crippen molar-refractivity contribution >= 4 is 45.0 Å². The smallest absolute Gasteiger partial charge is 0.318 e. The van der Waals surface area contributed by atoms with Gasteiger partial charge in [-0.3, -0.25) is 10.1 Å². The first kappa shape index (κ1) is 14.1. The van der Waals surface area contributed by atoms with Crippen LogP contribution in [-0.2, 0) is 11.3 Å². The van der Waals surface area contributed by atoms with Crippen molar-refractivity contribution in [3.8, 4) is 0 Å². The number of nitrogens with one attached hydrogen (secondary N) is 1. The van der Waals surface area contributed by atoms with Gasteiger partial charge in [0.25, 0.3) is 0 Å². The molecule has 2 aromatic carbocycles. The molecular weight excluding hydrogens is 306 g/mol. The molecule has 24 heavy (non-hydrogen) atoms. The molecule has 0 unspecified atom stereocenters. The van der Waals surface area contributed by atoms with Crippen molar-refractivity contribution in [3.05, 3.63) is 48.5 Å². The number of nitrogens with two attached hydrogens (primary N) is 1. The lowest BCUT2D eigenvalue weighted by Gasteiger charge is -2.06. The Bertz CT molecular complexity index is 1120. The van der Waals surface area contributed by atoms with E-state index < -0.39 is 11.9 Å². The summed E-state index contributed by atoms with van der Waals surface area (Å²) >= 11 is 0. The van der Waals surface area contributed by atoms with Crippen molar-refractivity contribution in [1.29, 1.82) is 0 Å². The van der Waals surface area contributed by atoms with Gasteiger partial charge in [0.2, 0.25) is 5.91 Å². The number of nitrogens with zero attached hydrogens (tertiary/aromatic N) is 3. The van der Waals surface area contributed by atoms with Gasteiger partial charge in [0, 0.05) is 5.39 Å². The van der Waals surface area contributed by atoms with Crippen LogP contribution in [0.1, 0.15) is 0 Å². The second-order valence-corrected chi connectivity index (χ2v) is 5.40. The van der Waals surface area contributed by atoms with Crippen LogP contribution in [0.4, 0.5) is 4.79 Å². The van der Waals surface area contributed by atoms with Gasteiger partial charge >= 0.3 is 6.03 Å². The standard InChI is InChI=1S/C17H13N5O2/c18-17(24)21-14(23)9-22-13-8-4-1-5-10(13)15-16(22)20-12-7-3-2-6-11(12)19-15/h1-8H,9H2,(H3,18,21,23,24). The molecule has 0 aliphatic carbocycles. The molecule has 0 aliphatic heterocycles. The summed E-state index contributed by atoms with van der Waals surface area (Å²) in [5.41, 5.74) is 8.67. The number of hydrogen-bond acceptors (Lipinski definition) is 4. The molecule has 2 aromatic heterocycles. The van der Waals surface area contributed by atoms with Gasteiger partial charge in [0.05, 0.1) is 16.6 Å². The summed E-state index contributed by atoms with van der Waals surface area (Å²) in [6.45, 7) is -0.0695. The monoisotopic (exact) mass is 319 g/mol. The number of benzene rings is 2. The van der Waals surface area contributed by atoms with E-state index >= 15 is 0 Å². The van der Waals surface area contributed by atoms with Gasteiger partial charge in [-0.05, 0) is 18.2 Å². The molecule has 0 radical (unpaired) electrons. The quantitative estimate of drug-likeness (QED) is 0.589. The first-order valence-corrected chi connectivity index (χ1v) is 7.36. The highest BCUT2D eigenvalue weighted by Crippen LogP contribution is 2.27. The van der Waals surface area contributed by atoms with E-state index in [0.717, 1.165) is 27.5 Å². The molecular formula is C17H13N5O2. The zero-order valence-corrected chi connectivity index (χ0v) is 12.6. The maximum absolute atomic E-state index is 12.0. The van der Waals surface area contributed by atoms with E-state index in [9.17, 15) is 9.59 Å². The summed E-state index contributed by atoms with van der Waals surface area (Å²) in [6.07, 6.45) is 0. The van der Waals surface area contributed by atoms with Crippen LogP contribution in [0.2, 0.25) is 0 Å². The zero-order chi connectivity index (χ0) is 16.7. The number of rotatable bonds is 2. The number of fused-ring (bicyclic) bond motifs is 4. The van der Waals surface area contributed by atoms with Crippen molar-refractivity contribution < 1.29 is 9.59 Å². The number of urea groups is 1. The van der Waals surface area contributed by atoms with Crippen molar-refractivity contribution in [1.82, 2.24) is 19.9 Å². The van der Waals surface area contributed by atoms with Crippen molar-refractivity contribution in [2.75, 3.05) is 0 Å². The molecule has 2 heterocycles. The molecule has 0 aliphatic rings. The van der Waals surface area contributed by atoms with E-state index in [1.165, 1.54) is 0 Å². The minimum Gasteiger partial charge on any atom is -0.351 e. The lowest BCUT2D eigenvalue weighted by atomic mass is 10.2. The fourth-order valence-electron chi connectivity index (χ4n) is 2.86. The highest BCUT2D eigenvalue weighted by atomic mass is 16.2. The molecule has 0 fully saturated rings. The Morgan fingerprint density at radius 1 is 1.00 bits per heavy atom. The Hall–Kier alpha value is -3.48. The van der Waals surface area contributed by atoms with Gasteiger partial charge < -0.3 is 10.3 Å². The van der Waals surface area contributed by atoms with Crippen LogP contribution < -0.4 is 11.1 Å². The van der Waals surface area contributed by atoms with Crippen molar-refractivity contribution in [2.24, 2.45) is 5.73 Å². The normalized spacial score (nSPS) is 11.2. The van der Waals surface area contributed by atoms with Crippen LogP contribution in [0.15, 0.2) is 48.5 Å². The Kier molecular flexibility index (Phi) is 3.13. The van der Waals surface area contributed by atoms with E-state index in [1.54, 1.807) is 4.57 Å². The first-order valence-electron chi connectivity index (χ1n) is 7.36. The first-order chi connectivity index (χ1) is 11.6. The van der Waals surface area contributed by atoms with Gasteiger partial charge in [-0.1, -0.05) is 30.3 Å². The van der Waals surface area contributed by atoms with Crippen LogP contribution in [0.3, 0.4) is 0 Å². The predicted octanol–water partition coefficient (Wildman–Crippen LogP) is 1.93. The number of carbonyl (C=O) groups excluding carboxylic acids is 2. The average molecular weight is 319 g/mol. The SMILES string of the molecule is NC(=O)NC(=O)Cn1c2ccccc2c2nc3ccccc3nc21. The fourth-order valence-corrected chi connectivity index (χ4v) is 2.86. The van der Waals surface area contributed by atoms with E-state index in [2.05, 4.69) is 15.3 Å². The Morgan fingerprint density at radius 3 is 2.42 bits per heavy atom. The van der Waals surface area contributed by atoms with Crippen molar-refractivity contribution in [3.63, 3.8) is 0 Å². The third-order valence-corrected chi connectivity index (χ3v) is 3.82. The summed E-state index contributed by atoms with van der Waals surface area (Å²) < 4.78 is 1.74. The molecule has 7 heteroatoms. The number of hydrogen-bond donors (Lipinski definition) is 2. The Morgan fingerprint density at radius 2 is 1.67 bits per heavy atom. The highest BCUT2D eigenvalue weighted by molar-refractivity contribution is 6.07. The van der Waals surface area contributed by atoms with E-state index in [0.29, 0.717) is 5.65 Å². The molecule has 0 saturated carbocycles. The van der Waals surface area contributed by atoms with Crippen LogP contribution in [0.25, 0.3) is 33.1 Å². The van der Waals surface area contributed by atoms with Gasteiger partial charge in [0.1, 0.15) is 12.1 Å². The Labute approximate surface area is 136 Å². The molecule has 3 amide bonds. The maximum Gasteiger partial charge on any atom is 0.318 e. The number of amides is 3. The fraction of sp³-hybridized carbons (Fsp3) is 0.0588. The number of carbonyl (C=O) groups is 2. The van der Waals surface area contributed by atoms with Gasteiger partial charge in [-0.2, -0.15) is 0 Å². The second-order valence-electron chi connectivity index (χ2n) is 5.40. The van der Waals surface area contributed by atoms with Gasteiger partial charge in [-0.15, -0.1) is 0 Å². The van der Waals surface area contributed by atoms with Crippen LogP contribution in [0, 0.1) is 0 Å². The molecule has 0 bridgehead atoms. The molecule has 4 rings (SSSR count). The largest absolute Gasteiger partial charge is 0.351 e. The van der Waals surface area contributed by atoms with Gasteiger partial charge in [0.15, 0.2) is 5.65 Å². The number of aromatic nitrogens is 3. The number of para-hydroxylation sites is 3. The molecule has 0 atom stereocenters.